The third-order valence-corrected chi connectivity index (χ3v) is 4.39. The molecule has 0 bridgehead atoms. The van der Waals surface area contributed by atoms with Gasteiger partial charge in [-0.2, -0.15) is 4.68 Å². The summed E-state index contributed by atoms with van der Waals surface area (Å²) in [5.74, 6) is 1.89. The van der Waals surface area contributed by atoms with Gasteiger partial charge in [-0.15, -0.1) is 17.5 Å². The Balaban J connectivity index is 0.00000182. The highest BCUT2D eigenvalue weighted by Crippen LogP contribution is 2.22. The molecule has 1 unspecified atom stereocenters. The molecule has 1 saturated heterocycles. The van der Waals surface area contributed by atoms with Crippen molar-refractivity contribution in [2.24, 2.45) is 7.05 Å². The molecule has 1 aliphatic heterocycles. The molecule has 0 amide bonds. The summed E-state index contributed by atoms with van der Waals surface area (Å²) in [5.41, 5.74) is 0.973. The Bertz CT molecular complexity index is 799. The largest absolute Gasteiger partial charge is 0.337 e. The maximum absolute atomic E-state index is 4.52. The number of para-hydroxylation sites is 1. The molecule has 25 heavy (non-hydrogen) atoms. The molecule has 1 atom stereocenters. The first-order valence-corrected chi connectivity index (χ1v) is 8.07. The quantitative estimate of drug-likeness (QED) is 0.747. The minimum atomic E-state index is 0. The minimum absolute atomic E-state index is 0. The smallest absolute Gasteiger partial charge is 0.170 e. The van der Waals surface area contributed by atoms with Crippen molar-refractivity contribution in [2.45, 2.75) is 12.6 Å². The van der Waals surface area contributed by atoms with E-state index in [-0.39, 0.29) is 18.4 Å². The Morgan fingerprint density at radius 3 is 2.84 bits per heavy atom. The summed E-state index contributed by atoms with van der Waals surface area (Å²) in [6.45, 7) is 3.44. The number of nitrogens with zero attached hydrogens (tertiary/aromatic N) is 7. The van der Waals surface area contributed by atoms with Gasteiger partial charge in [0.25, 0.3) is 0 Å². The first kappa shape index (κ1) is 17.5. The molecule has 132 valence electrons. The van der Waals surface area contributed by atoms with Crippen molar-refractivity contribution in [2.75, 3.05) is 19.6 Å². The van der Waals surface area contributed by atoms with E-state index >= 15 is 0 Å². The molecule has 8 nitrogen and oxygen atoms in total. The highest BCUT2D eigenvalue weighted by Gasteiger charge is 2.28. The highest BCUT2D eigenvalue weighted by molar-refractivity contribution is 5.85. The molecule has 0 aliphatic carbocycles. The predicted molar refractivity (Wildman–Crippen MR) is 95.6 cm³/mol. The van der Waals surface area contributed by atoms with Gasteiger partial charge < -0.3 is 9.88 Å². The fourth-order valence-electron chi connectivity index (χ4n) is 3.14. The molecule has 9 heteroatoms. The number of hydrogen-bond donors (Lipinski definition) is 1. The number of benzene rings is 1. The van der Waals surface area contributed by atoms with Crippen molar-refractivity contribution in [3.05, 3.63) is 54.4 Å². The molecule has 1 fully saturated rings. The number of hydrogen-bond acceptors (Lipinski definition) is 6. The van der Waals surface area contributed by atoms with Crippen LogP contribution in [0.5, 0.6) is 0 Å². The number of halogens is 1. The van der Waals surface area contributed by atoms with Gasteiger partial charge in [-0.25, -0.2) is 4.98 Å². The molecule has 2 aromatic heterocycles. The van der Waals surface area contributed by atoms with Gasteiger partial charge >= 0.3 is 0 Å². The van der Waals surface area contributed by atoms with Gasteiger partial charge in [-0.3, -0.25) is 4.90 Å². The maximum atomic E-state index is 4.52. The van der Waals surface area contributed by atoms with E-state index in [1.54, 1.807) is 4.68 Å². The number of aryl methyl sites for hydroxylation is 1. The van der Waals surface area contributed by atoms with Crippen LogP contribution in [0.1, 0.15) is 17.7 Å². The van der Waals surface area contributed by atoms with E-state index in [2.05, 4.69) is 35.3 Å². The van der Waals surface area contributed by atoms with Crippen molar-refractivity contribution in [3.8, 4) is 5.69 Å². The van der Waals surface area contributed by atoms with Crippen molar-refractivity contribution in [1.82, 2.24) is 40.0 Å². The van der Waals surface area contributed by atoms with Gasteiger partial charge in [-0.1, -0.05) is 18.2 Å². The van der Waals surface area contributed by atoms with Crippen LogP contribution in [0.2, 0.25) is 0 Å². The summed E-state index contributed by atoms with van der Waals surface area (Å²) in [5, 5.41) is 15.7. The Morgan fingerprint density at radius 2 is 2.08 bits per heavy atom. The molecule has 0 spiro atoms. The van der Waals surface area contributed by atoms with E-state index in [0.29, 0.717) is 6.54 Å². The molecular weight excluding hydrogens is 340 g/mol. The fraction of sp³-hybridized carbons (Fsp3) is 0.375. The summed E-state index contributed by atoms with van der Waals surface area (Å²) < 4.78 is 3.88. The van der Waals surface area contributed by atoms with E-state index in [9.17, 15) is 0 Å². The normalized spacial score (nSPS) is 18.0. The first-order valence-electron chi connectivity index (χ1n) is 8.07. The van der Waals surface area contributed by atoms with Gasteiger partial charge in [0.05, 0.1) is 18.3 Å². The lowest BCUT2D eigenvalue weighted by molar-refractivity contribution is 0.140. The number of aromatic nitrogens is 6. The molecule has 4 rings (SSSR count). The van der Waals surface area contributed by atoms with E-state index < -0.39 is 0 Å². The van der Waals surface area contributed by atoms with Crippen LogP contribution in [0.4, 0.5) is 0 Å². The number of rotatable bonds is 4. The van der Waals surface area contributed by atoms with Crippen molar-refractivity contribution in [1.29, 1.82) is 0 Å². The van der Waals surface area contributed by atoms with Gasteiger partial charge in [0.2, 0.25) is 0 Å². The van der Waals surface area contributed by atoms with Crippen molar-refractivity contribution in [3.63, 3.8) is 0 Å². The maximum Gasteiger partial charge on any atom is 0.170 e. The second-order valence-electron chi connectivity index (χ2n) is 5.93. The molecule has 3 aromatic rings. The van der Waals surface area contributed by atoms with Crippen LogP contribution in [0.25, 0.3) is 5.69 Å². The van der Waals surface area contributed by atoms with Crippen molar-refractivity contribution < 1.29 is 0 Å². The van der Waals surface area contributed by atoms with Crippen LogP contribution < -0.4 is 5.32 Å². The lowest BCUT2D eigenvalue weighted by Gasteiger charge is -2.35. The zero-order chi connectivity index (χ0) is 16.4. The van der Waals surface area contributed by atoms with Crippen LogP contribution in [0.15, 0.2) is 42.7 Å². The molecule has 1 aromatic carbocycles. The molecule has 1 aliphatic rings. The van der Waals surface area contributed by atoms with Crippen LogP contribution >= 0.6 is 12.4 Å². The number of imidazole rings is 1. The van der Waals surface area contributed by atoms with Gasteiger partial charge in [0.1, 0.15) is 5.82 Å². The lowest BCUT2D eigenvalue weighted by Crippen LogP contribution is -2.46. The average Bonchev–Trinajstić information content (AvgIpc) is 3.25. The van der Waals surface area contributed by atoms with Crippen molar-refractivity contribution >= 4 is 12.4 Å². The first-order chi connectivity index (χ1) is 11.8. The summed E-state index contributed by atoms with van der Waals surface area (Å²) in [6.07, 6.45) is 3.83. The second-order valence-corrected chi connectivity index (χ2v) is 5.93. The zero-order valence-corrected chi connectivity index (χ0v) is 14.8. The predicted octanol–water partition coefficient (Wildman–Crippen LogP) is 0.964. The SMILES string of the molecule is Cl.Cn1ccnc1C1CNCCN1Cc1nnnn1-c1ccccc1. The van der Waals surface area contributed by atoms with E-state index in [1.165, 1.54) is 0 Å². The third kappa shape index (κ3) is 3.55. The lowest BCUT2D eigenvalue weighted by atomic mass is 10.1. The Kier molecular flexibility index (Phi) is 5.42. The Morgan fingerprint density at radius 1 is 1.24 bits per heavy atom. The summed E-state index contributed by atoms with van der Waals surface area (Å²) in [6, 6.07) is 10.2. The highest BCUT2D eigenvalue weighted by atomic mass is 35.5. The Hall–Kier alpha value is -2.29. The van der Waals surface area contributed by atoms with Crippen LogP contribution in [-0.4, -0.2) is 54.3 Å². The topological polar surface area (TPSA) is 76.7 Å². The number of nitrogens with one attached hydrogen (secondary N) is 1. The molecule has 3 heterocycles. The van der Waals surface area contributed by atoms with Gasteiger partial charge in [0.15, 0.2) is 5.82 Å². The fourth-order valence-corrected chi connectivity index (χ4v) is 3.14. The summed E-state index contributed by atoms with van der Waals surface area (Å²) >= 11 is 0. The number of piperazine rings is 1. The molecule has 1 N–H and O–H groups in total. The van der Waals surface area contributed by atoms with Crippen LogP contribution in [0.3, 0.4) is 0 Å². The van der Waals surface area contributed by atoms with Crippen LogP contribution in [-0.2, 0) is 13.6 Å². The van der Waals surface area contributed by atoms with Gasteiger partial charge in [0, 0.05) is 39.1 Å². The van der Waals surface area contributed by atoms with E-state index in [0.717, 1.165) is 37.0 Å². The summed E-state index contributed by atoms with van der Waals surface area (Å²) in [4.78, 5) is 6.90. The van der Waals surface area contributed by atoms with E-state index in [1.807, 2.05) is 49.8 Å². The standard InChI is InChI=1S/C16H20N8.ClH/c1-22-9-8-18-16(22)14-11-17-7-10-23(14)12-15-19-20-21-24(15)13-5-3-2-4-6-13;/h2-6,8-9,14,17H,7,10-12H2,1H3;1H. The minimum Gasteiger partial charge on any atom is -0.337 e. The number of tetrazole rings is 1. The summed E-state index contributed by atoms with van der Waals surface area (Å²) in [7, 11) is 2.03. The molecule has 0 saturated carbocycles. The van der Waals surface area contributed by atoms with Crippen LogP contribution in [0, 0.1) is 0 Å². The van der Waals surface area contributed by atoms with Gasteiger partial charge in [-0.05, 0) is 22.6 Å². The molecule has 0 radical (unpaired) electrons. The monoisotopic (exact) mass is 360 g/mol. The zero-order valence-electron chi connectivity index (χ0n) is 14.0. The third-order valence-electron chi connectivity index (χ3n) is 4.39. The Labute approximate surface area is 152 Å². The second kappa shape index (κ2) is 7.73. The average molecular weight is 361 g/mol. The van der Waals surface area contributed by atoms with E-state index in [4.69, 9.17) is 0 Å². The molecular formula is C16H21ClN8.